The number of sulfonamides is 1. The monoisotopic (exact) mass is 297 g/mol. The quantitative estimate of drug-likeness (QED) is 0.903. The summed E-state index contributed by atoms with van der Waals surface area (Å²) in [4.78, 5) is 22.7. The molecule has 1 heterocycles. The van der Waals surface area contributed by atoms with Crippen molar-refractivity contribution in [2.24, 2.45) is 0 Å². The molecule has 20 heavy (non-hydrogen) atoms. The molecule has 108 valence electrons. The number of aryl methyl sites for hydroxylation is 1. The van der Waals surface area contributed by atoms with E-state index in [2.05, 4.69) is 0 Å². The van der Waals surface area contributed by atoms with Gasteiger partial charge in [0.05, 0.1) is 12.1 Å². The Morgan fingerprint density at radius 2 is 1.95 bits per heavy atom. The van der Waals surface area contributed by atoms with Crippen LogP contribution >= 0.6 is 0 Å². The van der Waals surface area contributed by atoms with E-state index < -0.39 is 26.6 Å². The molecule has 2 rings (SSSR count). The maximum absolute atomic E-state index is 12.0. The highest BCUT2D eigenvalue weighted by molar-refractivity contribution is 7.94. The maximum Gasteiger partial charge on any atom is 0.335 e. The van der Waals surface area contributed by atoms with Gasteiger partial charge in [-0.1, -0.05) is 6.07 Å². The van der Waals surface area contributed by atoms with Crippen molar-refractivity contribution in [3.63, 3.8) is 0 Å². The second-order valence-corrected chi connectivity index (χ2v) is 7.69. The van der Waals surface area contributed by atoms with Gasteiger partial charge in [0, 0.05) is 0 Å². The highest BCUT2D eigenvalue weighted by Gasteiger charge is 2.59. The number of carboxylic acid groups (broad SMARTS) is 1. The lowest BCUT2D eigenvalue weighted by Gasteiger charge is -2.43. The standard InChI is InChI=1S/C13H15NO5S/c1-8-6-9(11(15)16)4-5-10(8)7-14-12(17)13(2,3)20(14,18)19/h4-6H,7H2,1-3H3,(H,15,16). The van der Waals surface area contributed by atoms with Crippen molar-refractivity contribution in [2.75, 3.05) is 0 Å². The third kappa shape index (κ3) is 1.89. The Kier molecular flexibility index (Phi) is 3.13. The molecule has 1 saturated heterocycles. The lowest BCUT2D eigenvalue weighted by Crippen LogP contribution is -2.66. The van der Waals surface area contributed by atoms with Crippen LogP contribution in [0.3, 0.4) is 0 Å². The van der Waals surface area contributed by atoms with Gasteiger partial charge >= 0.3 is 5.97 Å². The Morgan fingerprint density at radius 1 is 1.35 bits per heavy atom. The van der Waals surface area contributed by atoms with Gasteiger partial charge in [-0.15, -0.1) is 0 Å². The van der Waals surface area contributed by atoms with E-state index >= 15 is 0 Å². The molecule has 0 saturated carbocycles. The number of hydrogen-bond acceptors (Lipinski definition) is 4. The molecular formula is C13H15NO5S. The van der Waals surface area contributed by atoms with Gasteiger partial charge in [0.2, 0.25) is 0 Å². The molecule has 1 aliphatic rings. The van der Waals surface area contributed by atoms with Crippen molar-refractivity contribution in [3.05, 3.63) is 34.9 Å². The van der Waals surface area contributed by atoms with E-state index in [0.29, 0.717) is 11.1 Å². The molecular weight excluding hydrogens is 282 g/mol. The summed E-state index contributed by atoms with van der Waals surface area (Å²) in [6, 6.07) is 4.39. The molecule has 1 amide bonds. The summed E-state index contributed by atoms with van der Waals surface area (Å²) in [5.74, 6) is -1.49. The molecule has 1 aromatic rings. The van der Waals surface area contributed by atoms with E-state index in [0.717, 1.165) is 4.31 Å². The Bertz CT molecular complexity index is 705. The van der Waals surface area contributed by atoms with Crippen LogP contribution in [0.4, 0.5) is 0 Å². The fourth-order valence-electron chi connectivity index (χ4n) is 2.07. The Labute approximate surface area is 117 Å². The molecule has 0 aromatic heterocycles. The number of carbonyl (C=O) groups is 2. The van der Waals surface area contributed by atoms with Crippen molar-refractivity contribution in [3.8, 4) is 0 Å². The molecule has 7 heteroatoms. The van der Waals surface area contributed by atoms with Crippen molar-refractivity contribution < 1.29 is 23.1 Å². The molecule has 0 spiro atoms. The van der Waals surface area contributed by atoms with E-state index in [1.54, 1.807) is 6.92 Å². The fourth-order valence-corrected chi connectivity index (χ4v) is 3.58. The molecule has 1 fully saturated rings. The Morgan fingerprint density at radius 3 is 2.40 bits per heavy atom. The predicted molar refractivity (Wildman–Crippen MR) is 71.7 cm³/mol. The van der Waals surface area contributed by atoms with E-state index in [4.69, 9.17) is 5.11 Å². The van der Waals surface area contributed by atoms with Gasteiger partial charge in [-0.3, -0.25) is 4.79 Å². The minimum absolute atomic E-state index is 0.0592. The first-order valence-electron chi connectivity index (χ1n) is 5.98. The summed E-state index contributed by atoms with van der Waals surface area (Å²) in [5, 5.41) is 8.87. The molecule has 0 atom stereocenters. The highest BCUT2D eigenvalue weighted by Crippen LogP contribution is 2.36. The van der Waals surface area contributed by atoms with Crippen molar-refractivity contribution in [2.45, 2.75) is 32.1 Å². The van der Waals surface area contributed by atoms with Crippen LogP contribution in [0.1, 0.15) is 35.3 Å². The van der Waals surface area contributed by atoms with Crippen LogP contribution < -0.4 is 0 Å². The third-order valence-electron chi connectivity index (χ3n) is 3.58. The average molecular weight is 297 g/mol. The van der Waals surface area contributed by atoms with Crippen LogP contribution in [0, 0.1) is 6.92 Å². The molecule has 0 aliphatic carbocycles. The number of benzene rings is 1. The summed E-state index contributed by atoms with van der Waals surface area (Å²) < 4.78 is 23.4. The number of aromatic carboxylic acids is 1. The summed E-state index contributed by atoms with van der Waals surface area (Å²) in [6.45, 7) is 4.38. The van der Waals surface area contributed by atoms with Gasteiger partial charge < -0.3 is 5.11 Å². The van der Waals surface area contributed by atoms with Gasteiger partial charge in [0.1, 0.15) is 0 Å². The second-order valence-electron chi connectivity index (χ2n) is 5.27. The molecule has 1 aromatic carbocycles. The SMILES string of the molecule is Cc1cc(C(=O)O)ccc1CN1C(=O)C(C)(C)S1(=O)=O. The smallest absolute Gasteiger partial charge is 0.335 e. The highest BCUT2D eigenvalue weighted by atomic mass is 32.2. The zero-order valence-corrected chi connectivity index (χ0v) is 12.2. The first-order chi connectivity index (χ1) is 9.09. The molecule has 1 N–H and O–H groups in total. The third-order valence-corrected chi connectivity index (χ3v) is 5.92. The summed E-state index contributed by atoms with van der Waals surface area (Å²) in [6.07, 6.45) is 0. The lowest BCUT2D eigenvalue weighted by atomic mass is 10.0. The minimum atomic E-state index is -3.62. The van der Waals surface area contributed by atoms with E-state index in [1.165, 1.54) is 32.0 Å². The van der Waals surface area contributed by atoms with Crippen molar-refractivity contribution >= 4 is 21.9 Å². The van der Waals surface area contributed by atoms with Crippen LogP contribution in [0.2, 0.25) is 0 Å². The van der Waals surface area contributed by atoms with Crippen molar-refractivity contribution in [1.29, 1.82) is 0 Å². The van der Waals surface area contributed by atoms with E-state index in [9.17, 15) is 18.0 Å². The van der Waals surface area contributed by atoms with Gasteiger partial charge in [0.15, 0.2) is 4.75 Å². The number of carbonyl (C=O) groups excluding carboxylic acids is 1. The van der Waals surface area contributed by atoms with Crippen LogP contribution in [-0.4, -0.2) is 34.5 Å². The molecule has 0 unspecified atom stereocenters. The van der Waals surface area contributed by atoms with Crippen LogP contribution in [-0.2, 0) is 21.4 Å². The normalized spacial score (nSPS) is 19.6. The average Bonchev–Trinajstić information content (AvgIpc) is 2.35. The topological polar surface area (TPSA) is 91.8 Å². The molecule has 6 nitrogen and oxygen atoms in total. The van der Waals surface area contributed by atoms with Gasteiger partial charge in [0.25, 0.3) is 15.9 Å². The molecule has 0 radical (unpaired) electrons. The fraction of sp³-hybridized carbons (Fsp3) is 0.385. The van der Waals surface area contributed by atoms with Crippen molar-refractivity contribution in [1.82, 2.24) is 4.31 Å². The van der Waals surface area contributed by atoms with Gasteiger partial charge in [-0.05, 0) is 44.0 Å². The number of carboxylic acids is 1. The zero-order chi connectivity index (χ0) is 15.3. The maximum atomic E-state index is 12.0. The van der Waals surface area contributed by atoms with Crippen LogP contribution in [0.5, 0.6) is 0 Å². The minimum Gasteiger partial charge on any atom is -0.478 e. The summed E-state index contributed by atoms with van der Waals surface area (Å²) >= 11 is 0. The zero-order valence-electron chi connectivity index (χ0n) is 11.4. The number of amides is 1. The number of hydrogen-bond donors (Lipinski definition) is 1. The second kappa shape index (κ2) is 4.31. The number of rotatable bonds is 3. The lowest BCUT2D eigenvalue weighted by molar-refractivity contribution is -0.132. The first kappa shape index (κ1) is 14.5. The largest absolute Gasteiger partial charge is 0.478 e. The first-order valence-corrected chi connectivity index (χ1v) is 7.42. The Balaban J connectivity index is 2.29. The summed E-state index contributed by atoms with van der Waals surface area (Å²) in [7, 11) is -3.62. The van der Waals surface area contributed by atoms with E-state index in [1.807, 2.05) is 0 Å². The predicted octanol–water partition coefficient (Wildman–Crippen LogP) is 1.14. The molecule has 1 aliphatic heterocycles. The molecule has 0 bridgehead atoms. The van der Waals surface area contributed by atoms with Crippen LogP contribution in [0.25, 0.3) is 0 Å². The Hall–Kier alpha value is -1.89. The summed E-state index contributed by atoms with van der Waals surface area (Å²) in [5.41, 5.74) is 1.38. The van der Waals surface area contributed by atoms with E-state index in [-0.39, 0.29) is 12.1 Å². The van der Waals surface area contributed by atoms with Gasteiger partial charge in [-0.2, -0.15) is 0 Å². The number of nitrogens with zero attached hydrogens (tertiary/aromatic N) is 1. The van der Waals surface area contributed by atoms with Crippen LogP contribution in [0.15, 0.2) is 18.2 Å². The van der Waals surface area contributed by atoms with Gasteiger partial charge in [-0.25, -0.2) is 17.5 Å².